The van der Waals surface area contributed by atoms with Gasteiger partial charge in [0.1, 0.15) is 0 Å². The van der Waals surface area contributed by atoms with Crippen molar-refractivity contribution >= 4 is 30.5 Å². The van der Waals surface area contributed by atoms with Gasteiger partial charge in [-0.05, 0) is 67.1 Å². The molecule has 1 aliphatic rings. The first-order chi connectivity index (χ1) is 13.8. The van der Waals surface area contributed by atoms with E-state index in [1.807, 2.05) is 0 Å². The summed E-state index contributed by atoms with van der Waals surface area (Å²) in [6.07, 6.45) is 3.50. The van der Waals surface area contributed by atoms with Crippen LogP contribution in [0.2, 0.25) is 0 Å². The van der Waals surface area contributed by atoms with Gasteiger partial charge in [0.25, 0.3) is 0 Å². The van der Waals surface area contributed by atoms with Crippen LogP contribution in [-0.4, -0.2) is 26.7 Å². The Morgan fingerprint density at radius 2 is 1.50 bits per heavy atom. The largest absolute Gasteiger partial charge is 0.371 e. The van der Waals surface area contributed by atoms with Gasteiger partial charge in [-0.1, -0.05) is 72.8 Å². The summed E-state index contributed by atoms with van der Waals surface area (Å²) in [5, 5.41) is 3.36. The second kappa shape index (κ2) is 12.0. The van der Waals surface area contributed by atoms with Crippen molar-refractivity contribution in [2.75, 3.05) is 31.6 Å². The van der Waals surface area contributed by atoms with E-state index in [0.717, 1.165) is 26.1 Å². The zero-order valence-electron chi connectivity index (χ0n) is 17.6. The molecule has 1 atom stereocenters. The molecule has 1 heterocycles. The third-order valence-corrected chi connectivity index (χ3v) is 5.77. The van der Waals surface area contributed by atoms with Gasteiger partial charge in [0.2, 0.25) is 0 Å². The number of halogens is 2. The number of aryl methyl sites for hydroxylation is 1. The van der Waals surface area contributed by atoms with Crippen molar-refractivity contribution in [3.63, 3.8) is 0 Å². The monoisotopic (exact) mass is 442 g/mol. The van der Waals surface area contributed by atoms with E-state index in [0.29, 0.717) is 5.92 Å². The first kappa shape index (κ1) is 24.3. The van der Waals surface area contributed by atoms with Crippen LogP contribution in [0.3, 0.4) is 0 Å². The van der Waals surface area contributed by atoms with Crippen LogP contribution in [-0.2, 0) is 12.8 Å². The summed E-state index contributed by atoms with van der Waals surface area (Å²) in [7, 11) is 2.06. The molecule has 0 aliphatic carbocycles. The van der Waals surface area contributed by atoms with Crippen LogP contribution in [0.15, 0.2) is 78.9 Å². The topological polar surface area (TPSA) is 15.3 Å². The summed E-state index contributed by atoms with van der Waals surface area (Å²) in [5.41, 5.74) is 6.95. The van der Waals surface area contributed by atoms with E-state index in [2.05, 4.69) is 96.1 Å². The lowest BCUT2D eigenvalue weighted by atomic mass is 9.92. The number of hydrogen-bond acceptors (Lipinski definition) is 2. The predicted molar refractivity (Wildman–Crippen MR) is 134 cm³/mol. The highest BCUT2D eigenvalue weighted by molar-refractivity contribution is 5.85. The quantitative estimate of drug-likeness (QED) is 0.480. The standard InChI is InChI=1S/C26H30N2.2ClH/c1-27-19-22-18-25-11-5-6-12-26(25)28(20-22)17-7-8-21-13-15-24(16-14-21)23-9-3-2-4-10-23;;/h2-6,9-16,22,27H,7-8,17-20H2,1H3;2*1H. The molecule has 3 aromatic rings. The van der Waals surface area contributed by atoms with Gasteiger partial charge in [-0.15, -0.1) is 24.8 Å². The van der Waals surface area contributed by atoms with E-state index < -0.39 is 0 Å². The van der Waals surface area contributed by atoms with Crippen LogP contribution in [0.25, 0.3) is 11.1 Å². The Hall–Kier alpha value is -2.00. The lowest BCUT2D eigenvalue weighted by Gasteiger charge is -2.36. The molecule has 1 aliphatic heterocycles. The lowest BCUT2D eigenvalue weighted by Crippen LogP contribution is -2.39. The fraction of sp³-hybridized carbons (Fsp3) is 0.308. The van der Waals surface area contributed by atoms with Gasteiger partial charge >= 0.3 is 0 Å². The summed E-state index contributed by atoms with van der Waals surface area (Å²) < 4.78 is 0. The summed E-state index contributed by atoms with van der Waals surface area (Å²) in [6.45, 7) is 3.37. The molecular formula is C26H32Cl2N2. The summed E-state index contributed by atoms with van der Waals surface area (Å²) >= 11 is 0. The molecule has 4 heteroatoms. The summed E-state index contributed by atoms with van der Waals surface area (Å²) in [4.78, 5) is 2.60. The number of nitrogens with zero attached hydrogens (tertiary/aromatic N) is 1. The number of rotatable bonds is 7. The Labute approximate surface area is 193 Å². The third-order valence-electron chi connectivity index (χ3n) is 5.77. The van der Waals surface area contributed by atoms with E-state index in [1.165, 1.54) is 40.8 Å². The Kier molecular flexibility index (Phi) is 9.71. The number of fused-ring (bicyclic) bond motifs is 1. The van der Waals surface area contributed by atoms with Crippen molar-refractivity contribution in [1.82, 2.24) is 5.32 Å². The molecule has 0 saturated heterocycles. The zero-order valence-corrected chi connectivity index (χ0v) is 19.2. The molecule has 3 aromatic carbocycles. The third kappa shape index (κ3) is 6.01. The minimum atomic E-state index is 0. The number of nitrogens with one attached hydrogen (secondary N) is 1. The Morgan fingerprint density at radius 3 is 2.23 bits per heavy atom. The fourth-order valence-electron chi connectivity index (χ4n) is 4.38. The molecule has 0 bridgehead atoms. The van der Waals surface area contributed by atoms with E-state index in [4.69, 9.17) is 0 Å². The lowest BCUT2D eigenvalue weighted by molar-refractivity contribution is 0.466. The van der Waals surface area contributed by atoms with Crippen molar-refractivity contribution in [1.29, 1.82) is 0 Å². The van der Waals surface area contributed by atoms with Crippen molar-refractivity contribution in [3.05, 3.63) is 90.0 Å². The second-order valence-electron chi connectivity index (χ2n) is 7.87. The Bertz CT molecular complexity index is 881. The van der Waals surface area contributed by atoms with E-state index in [9.17, 15) is 0 Å². The highest BCUT2D eigenvalue weighted by atomic mass is 35.5. The molecule has 30 heavy (non-hydrogen) atoms. The predicted octanol–water partition coefficient (Wildman–Crippen LogP) is 6.03. The minimum Gasteiger partial charge on any atom is -0.371 e. The van der Waals surface area contributed by atoms with Gasteiger partial charge in [-0.25, -0.2) is 0 Å². The fourth-order valence-corrected chi connectivity index (χ4v) is 4.38. The van der Waals surface area contributed by atoms with Gasteiger partial charge in [0.15, 0.2) is 0 Å². The van der Waals surface area contributed by atoms with Crippen molar-refractivity contribution < 1.29 is 0 Å². The normalized spacial score (nSPS) is 15.0. The van der Waals surface area contributed by atoms with E-state index in [1.54, 1.807) is 0 Å². The van der Waals surface area contributed by atoms with Gasteiger partial charge in [-0.2, -0.15) is 0 Å². The van der Waals surface area contributed by atoms with Crippen LogP contribution in [0, 0.1) is 5.92 Å². The minimum absolute atomic E-state index is 0. The first-order valence-corrected chi connectivity index (χ1v) is 10.5. The number of anilines is 1. The van der Waals surface area contributed by atoms with Crippen molar-refractivity contribution in [3.8, 4) is 11.1 Å². The van der Waals surface area contributed by atoms with E-state index in [-0.39, 0.29) is 24.8 Å². The second-order valence-corrected chi connectivity index (χ2v) is 7.87. The number of para-hydroxylation sites is 1. The smallest absolute Gasteiger partial charge is 0.0398 e. The number of benzene rings is 3. The summed E-state index contributed by atoms with van der Waals surface area (Å²) in [5.74, 6) is 0.699. The first-order valence-electron chi connectivity index (χ1n) is 10.5. The van der Waals surface area contributed by atoms with Gasteiger partial charge in [0.05, 0.1) is 0 Å². The molecule has 0 fully saturated rings. The average Bonchev–Trinajstić information content (AvgIpc) is 2.75. The zero-order chi connectivity index (χ0) is 19.2. The highest BCUT2D eigenvalue weighted by Gasteiger charge is 2.23. The maximum atomic E-state index is 3.36. The molecule has 0 amide bonds. The average molecular weight is 443 g/mol. The van der Waals surface area contributed by atoms with Crippen LogP contribution in [0.1, 0.15) is 17.5 Å². The van der Waals surface area contributed by atoms with Crippen LogP contribution in [0.4, 0.5) is 5.69 Å². The molecule has 4 rings (SSSR count). The molecule has 2 nitrogen and oxygen atoms in total. The van der Waals surface area contributed by atoms with Gasteiger partial charge < -0.3 is 10.2 Å². The molecular weight excluding hydrogens is 411 g/mol. The van der Waals surface area contributed by atoms with Gasteiger partial charge in [0, 0.05) is 18.8 Å². The van der Waals surface area contributed by atoms with Crippen LogP contribution < -0.4 is 10.2 Å². The number of hydrogen-bond donors (Lipinski definition) is 1. The molecule has 0 radical (unpaired) electrons. The highest BCUT2D eigenvalue weighted by Crippen LogP contribution is 2.29. The summed E-state index contributed by atoms with van der Waals surface area (Å²) in [6, 6.07) is 28.6. The molecule has 0 spiro atoms. The maximum absolute atomic E-state index is 3.36. The molecule has 160 valence electrons. The Morgan fingerprint density at radius 1 is 0.833 bits per heavy atom. The molecule has 0 saturated carbocycles. The van der Waals surface area contributed by atoms with Crippen molar-refractivity contribution in [2.45, 2.75) is 19.3 Å². The Balaban J connectivity index is 0.00000160. The van der Waals surface area contributed by atoms with Crippen LogP contribution >= 0.6 is 24.8 Å². The van der Waals surface area contributed by atoms with E-state index >= 15 is 0 Å². The SMILES string of the molecule is CNCC1Cc2ccccc2N(CCCc2ccc(-c3ccccc3)cc2)C1.Cl.Cl. The molecule has 0 aromatic heterocycles. The molecule has 1 N–H and O–H groups in total. The van der Waals surface area contributed by atoms with Crippen molar-refractivity contribution in [2.24, 2.45) is 5.92 Å². The molecule has 1 unspecified atom stereocenters. The van der Waals surface area contributed by atoms with Crippen LogP contribution in [0.5, 0.6) is 0 Å². The van der Waals surface area contributed by atoms with Gasteiger partial charge in [-0.3, -0.25) is 0 Å². The maximum Gasteiger partial charge on any atom is 0.0398 e.